The number of hydrogen-bond donors (Lipinski definition) is 2. The van der Waals surface area contributed by atoms with Gasteiger partial charge in [-0.1, -0.05) is 11.6 Å². The molecule has 1 aromatic rings. The lowest BCUT2D eigenvalue weighted by atomic mass is 10.1. The Balaban J connectivity index is 2.33. The fourth-order valence-corrected chi connectivity index (χ4v) is 1.80. The first kappa shape index (κ1) is 10.1. The normalized spacial score (nSPS) is 19.6. The number of methoxy groups -OCH3 is 1. The van der Waals surface area contributed by atoms with Crippen LogP contribution in [0.25, 0.3) is 0 Å². The standard InChI is InChI=1S/C10H11ClN2O2/c1-15-9-3-2-6(11)4-7(9)8-5-12-10(14)13-8/h2-4,8H,5H2,1H3,(H2,12,13,14)/t8-/m0/s1. The average Bonchev–Trinajstić information content (AvgIpc) is 2.65. The minimum Gasteiger partial charge on any atom is -0.496 e. The molecule has 0 aliphatic carbocycles. The van der Waals surface area contributed by atoms with Crippen LogP contribution in [0.3, 0.4) is 0 Å². The van der Waals surface area contributed by atoms with Gasteiger partial charge in [0.2, 0.25) is 0 Å². The van der Waals surface area contributed by atoms with E-state index < -0.39 is 0 Å². The second-order valence-corrected chi connectivity index (χ2v) is 3.73. The molecule has 1 aromatic carbocycles. The van der Waals surface area contributed by atoms with Crippen molar-refractivity contribution in [2.75, 3.05) is 13.7 Å². The summed E-state index contributed by atoms with van der Waals surface area (Å²) in [7, 11) is 1.59. The number of ether oxygens (including phenoxy) is 1. The van der Waals surface area contributed by atoms with Crippen LogP contribution in [0.15, 0.2) is 18.2 Å². The molecule has 1 fully saturated rings. The summed E-state index contributed by atoms with van der Waals surface area (Å²) in [6.45, 7) is 0.551. The topological polar surface area (TPSA) is 50.4 Å². The summed E-state index contributed by atoms with van der Waals surface area (Å²) in [5.41, 5.74) is 0.892. The van der Waals surface area contributed by atoms with Crippen molar-refractivity contribution in [3.05, 3.63) is 28.8 Å². The van der Waals surface area contributed by atoms with E-state index >= 15 is 0 Å². The number of carbonyl (C=O) groups is 1. The van der Waals surface area contributed by atoms with E-state index in [1.54, 1.807) is 25.3 Å². The Bertz CT molecular complexity index is 395. The maximum absolute atomic E-state index is 11.0. The van der Waals surface area contributed by atoms with Crippen molar-refractivity contribution in [2.45, 2.75) is 6.04 Å². The van der Waals surface area contributed by atoms with Crippen LogP contribution in [0.4, 0.5) is 4.79 Å². The fraction of sp³-hybridized carbons (Fsp3) is 0.300. The Hall–Kier alpha value is -1.42. The maximum atomic E-state index is 11.0. The number of urea groups is 1. The molecule has 1 heterocycles. The van der Waals surface area contributed by atoms with Crippen molar-refractivity contribution in [2.24, 2.45) is 0 Å². The van der Waals surface area contributed by atoms with Crippen molar-refractivity contribution in [1.82, 2.24) is 10.6 Å². The van der Waals surface area contributed by atoms with Gasteiger partial charge in [-0.3, -0.25) is 0 Å². The van der Waals surface area contributed by atoms with Gasteiger partial charge in [0.25, 0.3) is 0 Å². The van der Waals surface area contributed by atoms with Gasteiger partial charge in [-0.2, -0.15) is 0 Å². The third-order valence-electron chi connectivity index (χ3n) is 2.34. The Morgan fingerprint density at radius 3 is 2.93 bits per heavy atom. The molecule has 1 saturated heterocycles. The highest BCUT2D eigenvalue weighted by molar-refractivity contribution is 6.30. The van der Waals surface area contributed by atoms with Crippen LogP contribution < -0.4 is 15.4 Å². The molecule has 0 saturated carbocycles. The zero-order valence-corrected chi connectivity index (χ0v) is 8.97. The number of nitrogens with one attached hydrogen (secondary N) is 2. The monoisotopic (exact) mass is 226 g/mol. The van der Waals surface area contributed by atoms with Gasteiger partial charge in [-0.15, -0.1) is 0 Å². The molecule has 0 unspecified atom stereocenters. The summed E-state index contributed by atoms with van der Waals surface area (Å²) >= 11 is 5.90. The quantitative estimate of drug-likeness (QED) is 0.807. The molecular weight excluding hydrogens is 216 g/mol. The van der Waals surface area contributed by atoms with E-state index in [4.69, 9.17) is 16.3 Å². The van der Waals surface area contributed by atoms with Crippen molar-refractivity contribution < 1.29 is 9.53 Å². The molecule has 1 aliphatic heterocycles. The lowest BCUT2D eigenvalue weighted by Gasteiger charge is -2.13. The highest BCUT2D eigenvalue weighted by atomic mass is 35.5. The molecule has 80 valence electrons. The summed E-state index contributed by atoms with van der Waals surface area (Å²) in [4.78, 5) is 11.0. The minimum absolute atomic E-state index is 0.0776. The summed E-state index contributed by atoms with van der Waals surface area (Å²) < 4.78 is 5.21. The summed E-state index contributed by atoms with van der Waals surface area (Å²) in [5, 5.41) is 6.10. The van der Waals surface area contributed by atoms with Crippen molar-refractivity contribution in [1.29, 1.82) is 0 Å². The highest BCUT2D eigenvalue weighted by Crippen LogP contribution is 2.29. The summed E-state index contributed by atoms with van der Waals surface area (Å²) in [6.07, 6.45) is 0. The Kier molecular flexibility index (Phi) is 2.68. The number of hydrogen-bond acceptors (Lipinski definition) is 2. The number of benzene rings is 1. The van der Waals surface area contributed by atoms with E-state index in [9.17, 15) is 4.79 Å². The molecule has 0 radical (unpaired) electrons. The Morgan fingerprint density at radius 2 is 2.33 bits per heavy atom. The molecule has 0 aromatic heterocycles. The average molecular weight is 227 g/mol. The van der Waals surface area contributed by atoms with E-state index in [0.717, 1.165) is 11.3 Å². The summed E-state index contributed by atoms with van der Waals surface area (Å²) in [6, 6.07) is 5.11. The van der Waals surface area contributed by atoms with Gasteiger partial charge in [-0.25, -0.2) is 4.79 Å². The van der Waals surface area contributed by atoms with E-state index in [1.165, 1.54) is 0 Å². The van der Waals surface area contributed by atoms with Crippen LogP contribution in [0.1, 0.15) is 11.6 Å². The van der Waals surface area contributed by atoms with Gasteiger partial charge in [0.05, 0.1) is 13.2 Å². The first-order valence-electron chi connectivity index (χ1n) is 4.58. The molecule has 1 atom stereocenters. The molecule has 0 bridgehead atoms. The van der Waals surface area contributed by atoms with Crippen LogP contribution in [0.2, 0.25) is 5.02 Å². The van der Waals surface area contributed by atoms with Crippen molar-refractivity contribution >= 4 is 17.6 Å². The van der Waals surface area contributed by atoms with Gasteiger partial charge in [-0.05, 0) is 18.2 Å². The van der Waals surface area contributed by atoms with Crippen LogP contribution in [-0.2, 0) is 0 Å². The third-order valence-corrected chi connectivity index (χ3v) is 2.57. The molecule has 2 amide bonds. The van der Waals surface area contributed by atoms with Crippen molar-refractivity contribution in [3.63, 3.8) is 0 Å². The lowest BCUT2D eigenvalue weighted by molar-refractivity contribution is 0.247. The van der Waals surface area contributed by atoms with Gasteiger partial charge in [0.1, 0.15) is 5.75 Å². The predicted octanol–water partition coefficient (Wildman–Crippen LogP) is 1.70. The zero-order valence-electron chi connectivity index (χ0n) is 8.21. The number of amides is 2. The first-order valence-corrected chi connectivity index (χ1v) is 4.96. The molecule has 4 nitrogen and oxygen atoms in total. The van der Waals surface area contributed by atoms with E-state index in [-0.39, 0.29) is 12.1 Å². The molecule has 0 spiro atoms. The van der Waals surface area contributed by atoms with Gasteiger partial charge in [0, 0.05) is 17.1 Å². The minimum atomic E-state index is -0.165. The molecule has 1 aliphatic rings. The van der Waals surface area contributed by atoms with Crippen molar-refractivity contribution in [3.8, 4) is 5.75 Å². The number of rotatable bonds is 2. The smallest absolute Gasteiger partial charge is 0.315 e. The van der Waals surface area contributed by atoms with E-state index in [2.05, 4.69) is 10.6 Å². The van der Waals surface area contributed by atoms with Gasteiger partial charge >= 0.3 is 6.03 Å². The highest BCUT2D eigenvalue weighted by Gasteiger charge is 2.24. The van der Waals surface area contributed by atoms with Crippen LogP contribution in [0, 0.1) is 0 Å². The largest absolute Gasteiger partial charge is 0.496 e. The van der Waals surface area contributed by atoms with Crippen LogP contribution >= 0.6 is 11.6 Å². The molecular formula is C10H11ClN2O2. The zero-order chi connectivity index (χ0) is 10.8. The first-order chi connectivity index (χ1) is 7.20. The van der Waals surface area contributed by atoms with Gasteiger partial charge in [0.15, 0.2) is 0 Å². The van der Waals surface area contributed by atoms with Crippen LogP contribution in [-0.4, -0.2) is 19.7 Å². The number of carbonyl (C=O) groups excluding carboxylic acids is 1. The number of halogens is 1. The molecule has 15 heavy (non-hydrogen) atoms. The van der Waals surface area contributed by atoms with Crippen LogP contribution in [0.5, 0.6) is 5.75 Å². The maximum Gasteiger partial charge on any atom is 0.315 e. The predicted molar refractivity (Wildman–Crippen MR) is 57.3 cm³/mol. The lowest BCUT2D eigenvalue weighted by Crippen LogP contribution is -2.21. The molecule has 2 N–H and O–H groups in total. The third kappa shape index (κ3) is 1.99. The fourth-order valence-electron chi connectivity index (χ4n) is 1.62. The van der Waals surface area contributed by atoms with E-state index in [1.807, 2.05) is 0 Å². The second-order valence-electron chi connectivity index (χ2n) is 3.29. The SMILES string of the molecule is COc1ccc(Cl)cc1[C@@H]1CNC(=O)N1. The Morgan fingerprint density at radius 1 is 1.53 bits per heavy atom. The molecule has 2 rings (SSSR count). The molecule has 5 heteroatoms. The Labute approximate surface area is 92.6 Å². The van der Waals surface area contributed by atoms with Gasteiger partial charge < -0.3 is 15.4 Å². The second kappa shape index (κ2) is 3.98. The van der Waals surface area contributed by atoms with E-state index in [0.29, 0.717) is 11.6 Å². The summed E-state index contributed by atoms with van der Waals surface area (Å²) in [5.74, 6) is 0.730.